The van der Waals surface area contributed by atoms with Crippen LogP contribution in [-0.2, 0) is 17.9 Å². The number of rotatable bonds is 8. The fourth-order valence-electron chi connectivity index (χ4n) is 2.49. The fraction of sp³-hybridized carbons (Fsp3) is 0.316. The summed E-state index contributed by atoms with van der Waals surface area (Å²) in [5.74, 6) is 1.62. The van der Waals surface area contributed by atoms with Crippen molar-refractivity contribution in [1.82, 2.24) is 30.5 Å². The van der Waals surface area contributed by atoms with Crippen LogP contribution in [0.15, 0.2) is 48.7 Å². The zero-order valence-electron chi connectivity index (χ0n) is 14.8. The molecule has 0 saturated heterocycles. The third-order valence-electron chi connectivity index (χ3n) is 4.22. The maximum atomic E-state index is 12.1. The molecule has 0 radical (unpaired) electrons. The molecular weight excluding hydrogens is 344 g/mol. The van der Waals surface area contributed by atoms with Crippen molar-refractivity contribution in [2.24, 2.45) is 5.92 Å². The number of nitrogens with zero attached hydrogens (tertiary/aromatic N) is 5. The van der Waals surface area contributed by atoms with Gasteiger partial charge in [0.15, 0.2) is 0 Å². The van der Waals surface area contributed by atoms with Crippen LogP contribution in [0.1, 0.15) is 18.4 Å². The van der Waals surface area contributed by atoms with Gasteiger partial charge in [0.2, 0.25) is 17.6 Å². The van der Waals surface area contributed by atoms with E-state index < -0.39 is 0 Å². The Kier molecular flexibility index (Phi) is 5.04. The average Bonchev–Trinajstić information content (AvgIpc) is 3.43. The number of tetrazole rings is 1. The van der Waals surface area contributed by atoms with E-state index in [1.165, 1.54) is 17.6 Å². The monoisotopic (exact) mass is 364 g/mol. The molecule has 1 fully saturated rings. The zero-order valence-corrected chi connectivity index (χ0v) is 14.8. The predicted molar refractivity (Wildman–Crippen MR) is 97.6 cm³/mol. The Bertz CT molecular complexity index is 890. The van der Waals surface area contributed by atoms with E-state index in [1.807, 2.05) is 42.5 Å². The summed E-state index contributed by atoms with van der Waals surface area (Å²) in [5, 5.41) is 15.0. The lowest BCUT2D eigenvalue weighted by Crippen LogP contribution is -2.28. The summed E-state index contributed by atoms with van der Waals surface area (Å²) in [7, 11) is 0. The molecule has 0 bridgehead atoms. The number of pyridine rings is 1. The Morgan fingerprint density at radius 3 is 2.78 bits per heavy atom. The topological polar surface area (TPSA) is 94.8 Å². The van der Waals surface area contributed by atoms with E-state index >= 15 is 0 Å². The van der Waals surface area contributed by atoms with Crippen LogP contribution in [0.4, 0.5) is 0 Å². The number of hydrogen-bond acceptors (Lipinski definition) is 6. The molecule has 27 heavy (non-hydrogen) atoms. The van der Waals surface area contributed by atoms with Gasteiger partial charge >= 0.3 is 0 Å². The van der Waals surface area contributed by atoms with Crippen LogP contribution < -0.4 is 10.1 Å². The summed E-state index contributed by atoms with van der Waals surface area (Å²) in [5.41, 5.74) is 1.76. The molecule has 0 unspecified atom stereocenters. The fourth-order valence-corrected chi connectivity index (χ4v) is 2.49. The molecule has 1 aliphatic rings. The molecule has 1 aromatic carbocycles. The van der Waals surface area contributed by atoms with Crippen molar-refractivity contribution < 1.29 is 9.53 Å². The summed E-state index contributed by atoms with van der Waals surface area (Å²) in [4.78, 5) is 17.6. The third kappa shape index (κ3) is 4.87. The summed E-state index contributed by atoms with van der Waals surface area (Å²) >= 11 is 0. The normalized spacial score (nSPS) is 13.3. The van der Waals surface area contributed by atoms with Crippen molar-refractivity contribution in [3.63, 3.8) is 0 Å². The molecule has 138 valence electrons. The quantitative estimate of drug-likeness (QED) is 0.655. The second-order valence-corrected chi connectivity index (χ2v) is 6.55. The Hall–Kier alpha value is -3.29. The molecule has 1 saturated carbocycles. The van der Waals surface area contributed by atoms with Crippen LogP contribution in [0, 0.1) is 5.92 Å². The van der Waals surface area contributed by atoms with E-state index in [-0.39, 0.29) is 12.5 Å². The molecule has 0 spiro atoms. The van der Waals surface area contributed by atoms with E-state index in [0.717, 1.165) is 17.7 Å². The van der Waals surface area contributed by atoms with Gasteiger partial charge in [0.25, 0.3) is 0 Å². The number of aromatic nitrogens is 5. The number of carbonyl (C=O) groups excluding carboxylic acids is 1. The highest BCUT2D eigenvalue weighted by Gasteiger charge is 2.22. The molecular formula is C19H20N6O2. The van der Waals surface area contributed by atoms with Crippen molar-refractivity contribution in [2.75, 3.05) is 6.61 Å². The minimum Gasteiger partial charge on any atom is -0.477 e. The van der Waals surface area contributed by atoms with Gasteiger partial charge in [-0.3, -0.25) is 4.79 Å². The van der Waals surface area contributed by atoms with Gasteiger partial charge in [-0.1, -0.05) is 36.4 Å². The van der Waals surface area contributed by atoms with Crippen LogP contribution in [0.3, 0.4) is 0 Å². The van der Waals surface area contributed by atoms with Gasteiger partial charge in [-0.2, -0.15) is 4.80 Å². The second-order valence-electron chi connectivity index (χ2n) is 6.55. The van der Waals surface area contributed by atoms with E-state index in [2.05, 4.69) is 25.7 Å². The van der Waals surface area contributed by atoms with Gasteiger partial charge in [0.1, 0.15) is 6.54 Å². The van der Waals surface area contributed by atoms with Crippen molar-refractivity contribution >= 4 is 5.91 Å². The van der Waals surface area contributed by atoms with Gasteiger partial charge < -0.3 is 10.1 Å². The number of amides is 1. The van der Waals surface area contributed by atoms with Crippen molar-refractivity contribution in [3.05, 3.63) is 54.2 Å². The van der Waals surface area contributed by atoms with Gasteiger partial charge in [-0.05, 0) is 29.5 Å². The molecule has 3 aromatic rings. The largest absolute Gasteiger partial charge is 0.477 e. The lowest BCUT2D eigenvalue weighted by molar-refractivity contribution is -0.122. The first kappa shape index (κ1) is 17.1. The predicted octanol–water partition coefficient (Wildman–Crippen LogP) is 1.84. The van der Waals surface area contributed by atoms with E-state index in [0.29, 0.717) is 24.2 Å². The lowest BCUT2D eigenvalue weighted by Gasteiger charge is -2.06. The molecule has 2 heterocycles. The van der Waals surface area contributed by atoms with Gasteiger partial charge in [-0.15, -0.1) is 10.2 Å². The Balaban J connectivity index is 1.25. The maximum absolute atomic E-state index is 12.1. The SMILES string of the molecule is O=C(Cn1nnc(-c2ccccc2)n1)NCc1ccc(OCC2CC2)nc1. The van der Waals surface area contributed by atoms with E-state index in [9.17, 15) is 4.79 Å². The van der Waals surface area contributed by atoms with Crippen molar-refractivity contribution in [1.29, 1.82) is 0 Å². The van der Waals surface area contributed by atoms with Crippen LogP contribution >= 0.6 is 0 Å². The Morgan fingerprint density at radius 1 is 1.19 bits per heavy atom. The maximum Gasteiger partial charge on any atom is 0.243 e. The van der Waals surface area contributed by atoms with Crippen LogP contribution in [0.2, 0.25) is 0 Å². The Labute approximate surface area is 156 Å². The molecule has 1 amide bonds. The highest BCUT2D eigenvalue weighted by atomic mass is 16.5. The average molecular weight is 364 g/mol. The number of hydrogen-bond donors (Lipinski definition) is 1. The highest BCUT2D eigenvalue weighted by molar-refractivity contribution is 5.75. The summed E-state index contributed by atoms with van der Waals surface area (Å²) in [6.07, 6.45) is 4.21. The standard InChI is InChI=1S/C19H20N6O2/c26-17(12-25-23-19(22-24-25)16-4-2-1-3-5-16)20-10-15-8-9-18(21-11-15)27-13-14-6-7-14/h1-5,8-9,11,14H,6-7,10,12-13H2,(H,20,26). The smallest absolute Gasteiger partial charge is 0.243 e. The first-order valence-electron chi connectivity index (χ1n) is 8.94. The summed E-state index contributed by atoms with van der Waals surface area (Å²) in [6.45, 7) is 1.13. The van der Waals surface area contributed by atoms with Crippen molar-refractivity contribution in [2.45, 2.75) is 25.9 Å². The highest BCUT2D eigenvalue weighted by Crippen LogP contribution is 2.29. The van der Waals surface area contributed by atoms with Crippen molar-refractivity contribution in [3.8, 4) is 17.3 Å². The molecule has 0 aliphatic heterocycles. The number of nitrogens with one attached hydrogen (secondary N) is 1. The Morgan fingerprint density at radius 2 is 2.04 bits per heavy atom. The van der Waals surface area contributed by atoms with Gasteiger partial charge in [0.05, 0.1) is 6.61 Å². The van der Waals surface area contributed by atoms with Crippen LogP contribution in [0.25, 0.3) is 11.4 Å². The van der Waals surface area contributed by atoms with E-state index in [1.54, 1.807) is 6.20 Å². The number of benzene rings is 1. The molecule has 1 aliphatic carbocycles. The number of ether oxygens (including phenoxy) is 1. The van der Waals surface area contributed by atoms with E-state index in [4.69, 9.17) is 4.74 Å². The molecule has 4 rings (SSSR count). The summed E-state index contributed by atoms with van der Waals surface area (Å²) < 4.78 is 5.60. The first-order valence-corrected chi connectivity index (χ1v) is 8.94. The van der Waals surface area contributed by atoms with Crippen LogP contribution in [0.5, 0.6) is 5.88 Å². The molecule has 1 N–H and O–H groups in total. The number of carbonyl (C=O) groups is 1. The van der Waals surface area contributed by atoms with Gasteiger partial charge in [0, 0.05) is 24.4 Å². The molecule has 2 aromatic heterocycles. The minimum absolute atomic E-state index is 0.00977. The summed E-state index contributed by atoms with van der Waals surface area (Å²) in [6, 6.07) is 13.2. The molecule has 8 heteroatoms. The first-order chi connectivity index (χ1) is 13.3. The van der Waals surface area contributed by atoms with Gasteiger partial charge in [-0.25, -0.2) is 4.98 Å². The molecule has 0 atom stereocenters. The van der Waals surface area contributed by atoms with Crippen LogP contribution in [-0.4, -0.2) is 37.7 Å². The lowest BCUT2D eigenvalue weighted by atomic mass is 10.2. The minimum atomic E-state index is -0.193. The molecule has 8 nitrogen and oxygen atoms in total. The zero-order chi connectivity index (χ0) is 18.5. The second kappa shape index (κ2) is 7.94. The third-order valence-corrected chi connectivity index (χ3v) is 4.22.